The Hall–Kier alpha value is -0.683. The molecule has 1 rings (SSSR count). The Morgan fingerprint density at radius 3 is 2.45 bits per heavy atom. The predicted molar refractivity (Wildman–Crippen MR) is 85.3 cm³/mol. The molecule has 4 heteroatoms. The molecule has 0 saturated heterocycles. The van der Waals surface area contributed by atoms with Crippen LogP contribution in [0.1, 0.15) is 39.7 Å². The molecule has 2 N–H and O–H groups in total. The van der Waals surface area contributed by atoms with Gasteiger partial charge in [-0.25, -0.2) is 0 Å². The Morgan fingerprint density at radius 1 is 1.15 bits per heavy atom. The lowest BCUT2D eigenvalue weighted by Gasteiger charge is -2.22. The maximum Gasteiger partial charge on any atom is 0.369 e. The number of rotatable bonds is 8. The molecule has 1 aromatic carbocycles. The lowest BCUT2D eigenvalue weighted by atomic mass is 10.1. The van der Waals surface area contributed by atoms with Crippen molar-refractivity contribution in [3.8, 4) is 0 Å². The molecule has 0 saturated carbocycles. The van der Waals surface area contributed by atoms with E-state index in [-0.39, 0.29) is 5.54 Å². The van der Waals surface area contributed by atoms with E-state index in [0.717, 1.165) is 31.6 Å². The zero-order chi connectivity index (χ0) is 15.2. The second kappa shape index (κ2) is 7.93. The monoisotopic (exact) mass is 296 g/mol. The molecule has 0 spiro atoms. The first kappa shape index (κ1) is 17.4. The average Bonchev–Trinajstić information content (AvgIpc) is 2.38. The van der Waals surface area contributed by atoms with E-state index in [1.807, 2.05) is 38.1 Å². The maximum atomic E-state index is 10.2. The maximum absolute atomic E-state index is 10.2. The van der Waals surface area contributed by atoms with Gasteiger partial charge in [-0.05, 0) is 29.5 Å². The molecule has 0 radical (unpaired) electrons. The summed E-state index contributed by atoms with van der Waals surface area (Å²) in [5.41, 5.74) is 1.04. The highest BCUT2D eigenvalue weighted by atomic mass is 28.4. The Balaban J connectivity index is 2.52. The lowest BCUT2D eigenvalue weighted by Crippen LogP contribution is -2.51. The Labute approximate surface area is 123 Å². The van der Waals surface area contributed by atoms with Crippen LogP contribution in [0.5, 0.6) is 0 Å². The van der Waals surface area contributed by atoms with Crippen molar-refractivity contribution in [2.45, 2.75) is 46.1 Å². The average molecular weight is 296 g/mol. The fourth-order valence-corrected chi connectivity index (χ4v) is 3.39. The summed E-state index contributed by atoms with van der Waals surface area (Å²) < 4.78 is 5.56. The number of hydrogen-bond donors (Lipinski definition) is 2. The molecule has 0 unspecified atom stereocenters. The molecule has 0 aliphatic heterocycles. The third-order valence-corrected chi connectivity index (χ3v) is 6.13. The molecule has 0 aliphatic rings. The normalized spacial score (nSPS) is 12.4. The van der Waals surface area contributed by atoms with Crippen molar-refractivity contribution in [1.29, 1.82) is 0 Å². The number of hydrogen-bond acceptors (Lipinski definition) is 3. The SMILES string of the molecule is CC(C)COCCCc1cccc([Si](O)(O)C(C)C)c1. The zero-order valence-corrected chi connectivity index (χ0v) is 14.1. The van der Waals surface area contributed by atoms with Crippen molar-refractivity contribution in [2.24, 2.45) is 5.92 Å². The molecule has 114 valence electrons. The van der Waals surface area contributed by atoms with E-state index < -0.39 is 8.56 Å². The molecule has 0 amide bonds. The van der Waals surface area contributed by atoms with Crippen LogP contribution in [0, 0.1) is 5.92 Å². The first-order valence-electron chi connectivity index (χ1n) is 7.46. The summed E-state index contributed by atoms with van der Waals surface area (Å²) in [6.45, 7) is 9.56. The van der Waals surface area contributed by atoms with Gasteiger partial charge >= 0.3 is 8.56 Å². The van der Waals surface area contributed by atoms with Crippen molar-refractivity contribution in [3.63, 3.8) is 0 Å². The Morgan fingerprint density at radius 2 is 1.85 bits per heavy atom. The van der Waals surface area contributed by atoms with Crippen molar-refractivity contribution in [3.05, 3.63) is 29.8 Å². The summed E-state index contributed by atoms with van der Waals surface area (Å²) in [6, 6.07) is 7.71. The minimum absolute atomic E-state index is 0.105. The third-order valence-electron chi connectivity index (χ3n) is 3.36. The van der Waals surface area contributed by atoms with Crippen LogP contribution >= 0.6 is 0 Å². The zero-order valence-electron chi connectivity index (χ0n) is 13.1. The quantitative estimate of drug-likeness (QED) is 0.572. The fourth-order valence-electron chi connectivity index (χ4n) is 1.99. The summed E-state index contributed by atoms with van der Waals surface area (Å²) in [4.78, 5) is 20.5. The number of benzene rings is 1. The van der Waals surface area contributed by atoms with Crippen molar-refractivity contribution in [1.82, 2.24) is 0 Å². The first-order chi connectivity index (χ1) is 9.34. The Kier molecular flexibility index (Phi) is 6.89. The van der Waals surface area contributed by atoms with Gasteiger partial charge in [-0.15, -0.1) is 0 Å². The van der Waals surface area contributed by atoms with E-state index in [1.54, 1.807) is 0 Å². The van der Waals surface area contributed by atoms with Gasteiger partial charge in [0, 0.05) is 18.8 Å². The highest BCUT2D eigenvalue weighted by Gasteiger charge is 2.35. The minimum Gasteiger partial charge on any atom is -0.407 e. The van der Waals surface area contributed by atoms with Gasteiger partial charge in [-0.3, -0.25) is 0 Å². The van der Waals surface area contributed by atoms with E-state index >= 15 is 0 Å². The topological polar surface area (TPSA) is 49.7 Å². The largest absolute Gasteiger partial charge is 0.407 e. The van der Waals surface area contributed by atoms with Gasteiger partial charge in [0.2, 0.25) is 0 Å². The van der Waals surface area contributed by atoms with Gasteiger partial charge in [0.25, 0.3) is 0 Å². The molecule has 20 heavy (non-hydrogen) atoms. The molecule has 0 aliphatic carbocycles. The summed E-state index contributed by atoms with van der Waals surface area (Å²) in [7, 11) is -3.29. The molecule has 0 bridgehead atoms. The van der Waals surface area contributed by atoms with Gasteiger partial charge in [0.05, 0.1) is 0 Å². The number of aryl methyl sites for hydroxylation is 1. The van der Waals surface area contributed by atoms with E-state index in [0.29, 0.717) is 11.1 Å². The minimum atomic E-state index is -3.29. The van der Waals surface area contributed by atoms with Crippen LogP contribution in [0.2, 0.25) is 5.54 Å². The van der Waals surface area contributed by atoms with E-state index in [4.69, 9.17) is 4.74 Å². The van der Waals surface area contributed by atoms with E-state index in [2.05, 4.69) is 13.8 Å². The summed E-state index contributed by atoms with van der Waals surface area (Å²) >= 11 is 0. The molecular formula is C16H28O3Si. The van der Waals surface area contributed by atoms with E-state index in [1.165, 1.54) is 0 Å². The molecule has 0 heterocycles. The van der Waals surface area contributed by atoms with Gasteiger partial charge in [0.1, 0.15) is 0 Å². The van der Waals surface area contributed by atoms with Crippen molar-refractivity contribution >= 4 is 13.7 Å². The van der Waals surface area contributed by atoms with Crippen LogP contribution < -0.4 is 5.19 Å². The van der Waals surface area contributed by atoms with E-state index in [9.17, 15) is 9.59 Å². The Bertz CT molecular complexity index is 402. The summed E-state index contributed by atoms with van der Waals surface area (Å²) in [5, 5.41) is 0.702. The summed E-state index contributed by atoms with van der Waals surface area (Å²) in [5.74, 6) is 0.569. The third kappa shape index (κ3) is 5.36. The highest BCUT2D eigenvalue weighted by Crippen LogP contribution is 2.15. The fraction of sp³-hybridized carbons (Fsp3) is 0.625. The second-order valence-corrected chi connectivity index (χ2v) is 9.34. The smallest absolute Gasteiger partial charge is 0.369 e. The van der Waals surface area contributed by atoms with Crippen molar-refractivity contribution in [2.75, 3.05) is 13.2 Å². The molecule has 0 aromatic heterocycles. The van der Waals surface area contributed by atoms with Crippen LogP contribution in [0.15, 0.2) is 24.3 Å². The van der Waals surface area contributed by atoms with Crippen LogP contribution in [0.4, 0.5) is 0 Å². The summed E-state index contributed by atoms with van der Waals surface area (Å²) in [6.07, 6.45) is 1.87. The predicted octanol–water partition coefficient (Wildman–Crippen LogP) is 2.34. The van der Waals surface area contributed by atoms with Gasteiger partial charge in [-0.2, -0.15) is 0 Å². The van der Waals surface area contributed by atoms with Crippen LogP contribution in [0.3, 0.4) is 0 Å². The molecule has 0 atom stereocenters. The van der Waals surface area contributed by atoms with Gasteiger partial charge < -0.3 is 14.3 Å². The first-order valence-corrected chi connectivity index (χ1v) is 9.43. The molecule has 0 fully saturated rings. The second-order valence-electron chi connectivity index (χ2n) is 6.15. The molecular weight excluding hydrogens is 268 g/mol. The van der Waals surface area contributed by atoms with Crippen molar-refractivity contribution < 1.29 is 14.3 Å². The van der Waals surface area contributed by atoms with Gasteiger partial charge in [0.15, 0.2) is 0 Å². The molecule has 1 aromatic rings. The van der Waals surface area contributed by atoms with Crippen LogP contribution in [0.25, 0.3) is 0 Å². The van der Waals surface area contributed by atoms with Crippen LogP contribution in [-0.2, 0) is 11.2 Å². The lowest BCUT2D eigenvalue weighted by molar-refractivity contribution is 0.108. The van der Waals surface area contributed by atoms with Gasteiger partial charge in [-0.1, -0.05) is 52.0 Å². The number of ether oxygens (including phenoxy) is 1. The van der Waals surface area contributed by atoms with Crippen LogP contribution in [-0.4, -0.2) is 31.4 Å². The standard InChI is InChI=1S/C16H28O3Si/c1-13(2)12-19-10-6-8-15-7-5-9-16(11-15)20(17,18)14(3)4/h5,7,9,11,13-14,17-18H,6,8,10,12H2,1-4H3. The highest BCUT2D eigenvalue weighted by molar-refractivity contribution is 6.79. The molecule has 3 nitrogen and oxygen atoms in total.